The minimum Gasteiger partial charge on any atom is -0.255 e. The van der Waals surface area contributed by atoms with Gasteiger partial charge in [0.2, 0.25) is 0 Å². The summed E-state index contributed by atoms with van der Waals surface area (Å²) in [6.45, 7) is 4.35. The van der Waals surface area contributed by atoms with Gasteiger partial charge < -0.3 is 0 Å². The summed E-state index contributed by atoms with van der Waals surface area (Å²) in [5, 5.41) is 0. The van der Waals surface area contributed by atoms with E-state index in [0.29, 0.717) is 5.92 Å². The highest BCUT2D eigenvalue weighted by molar-refractivity contribution is 7.84. The third kappa shape index (κ3) is 3.13. The molecule has 2 aromatic rings. The van der Waals surface area contributed by atoms with Crippen LogP contribution in [0.15, 0.2) is 53.4 Å². The van der Waals surface area contributed by atoms with Crippen LogP contribution in [0.1, 0.15) is 31.7 Å². The van der Waals surface area contributed by atoms with Gasteiger partial charge in [-0.05, 0) is 35.1 Å². The third-order valence-electron chi connectivity index (χ3n) is 3.57. The molecule has 2 heteroatoms. The van der Waals surface area contributed by atoms with Gasteiger partial charge in [-0.3, -0.25) is 4.21 Å². The highest BCUT2D eigenvalue weighted by atomic mass is 32.2. The van der Waals surface area contributed by atoms with Crippen LogP contribution in [0, 0.1) is 0 Å². The predicted molar refractivity (Wildman–Crippen MR) is 82.9 cm³/mol. The zero-order valence-corrected chi connectivity index (χ0v) is 12.5. The first-order chi connectivity index (χ1) is 9.13. The second-order valence-electron chi connectivity index (χ2n) is 4.88. The summed E-state index contributed by atoms with van der Waals surface area (Å²) in [6, 6.07) is 16.6. The van der Waals surface area contributed by atoms with Crippen LogP contribution in [0.25, 0.3) is 11.1 Å². The number of benzene rings is 2. The molecular weight excluding hydrogens is 252 g/mol. The maximum absolute atomic E-state index is 12.0. The predicted octanol–water partition coefficient (Wildman–Crippen LogP) is 4.60. The smallest absolute Gasteiger partial charge is 0.0501 e. The maximum Gasteiger partial charge on any atom is 0.0501 e. The molecule has 2 atom stereocenters. The molecule has 1 nitrogen and oxygen atoms in total. The molecule has 0 bridgehead atoms. The first-order valence-electron chi connectivity index (χ1n) is 6.66. The van der Waals surface area contributed by atoms with Crippen molar-refractivity contribution >= 4 is 10.8 Å². The van der Waals surface area contributed by atoms with Crippen molar-refractivity contribution in [2.45, 2.75) is 31.1 Å². The SMILES string of the molecule is CCC(C)c1ccc(-c2ccccc2)cc1S(C)=O. The van der Waals surface area contributed by atoms with Gasteiger partial charge in [0.25, 0.3) is 0 Å². The van der Waals surface area contributed by atoms with Gasteiger partial charge in [-0.1, -0.05) is 56.3 Å². The molecule has 0 aliphatic heterocycles. The van der Waals surface area contributed by atoms with Crippen LogP contribution in [0.2, 0.25) is 0 Å². The number of hydrogen-bond donors (Lipinski definition) is 0. The number of rotatable bonds is 4. The summed E-state index contributed by atoms with van der Waals surface area (Å²) in [6.07, 6.45) is 2.82. The van der Waals surface area contributed by atoms with Gasteiger partial charge in [0, 0.05) is 11.2 Å². The molecule has 0 saturated heterocycles. The molecule has 100 valence electrons. The molecule has 2 unspecified atom stereocenters. The van der Waals surface area contributed by atoms with Crippen molar-refractivity contribution in [3.8, 4) is 11.1 Å². The van der Waals surface area contributed by atoms with Crippen molar-refractivity contribution in [3.05, 3.63) is 54.1 Å². The summed E-state index contributed by atoms with van der Waals surface area (Å²) in [4.78, 5) is 0.968. The topological polar surface area (TPSA) is 17.1 Å². The van der Waals surface area contributed by atoms with E-state index in [4.69, 9.17) is 0 Å². The lowest BCUT2D eigenvalue weighted by Crippen LogP contribution is -2.00. The van der Waals surface area contributed by atoms with E-state index in [1.54, 1.807) is 6.26 Å². The van der Waals surface area contributed by atoms with Gasteiger partial charge in [0.1, 0.15) is 0 Å². The third-order valence-corrected chi connectivity index (χ3v) is 4.55. The van der Waals surface area contributed by atoms with Crippen molar-refractivity contribution < 1.29 is 4.21 Å². The Morgan fingerprint density at radius 3 is 2.32 bits per heavy atom. The summed E-state index contributed by atoms with van der Waals surface area (Å²) in [5.74, 6) is 0.448. The minimum absolute atomic E-state index is 0.448. The van der Waals surface area contributed by atoms with E-state index in [1.165, 1.54) is 11.1 Å². The second-order valence-corrected chi connectivity index (χ2v) is 6.23. The van der Waals surface area contributed by atoms with Crippen LogP contribution < -0.4 is 0 Å². The zero-order valence-electron chi connectivity index (χ0n) is 11.7. The Labute approximate surface area is 118 Å². The number of hydrogen-bond acceptors (Lipinski definition) is 1. The summed E-state index contributed by atoms with van der Waals surface area (Å²) in [5.41, 5.74) is 3.52. The lowest BCUT2D eigenvalue weighted by molar-refractivity contribution is 0.679. The molecule has 0 aromatic heterocycles. The molecule has 0 aliphatic carbocycles. The fourth-order valence-electron chi connectivity index (χ4n) is 2.22. The van der Waals surface area contributed by atoms with Gasteiger partial charge in [-0.2, -0.15) is 0 Å². The van der Waals surface area contributed by atoms with Crippen LogP contribution in [-0.4, -0.2) is 10.5 Å². The first kappa shape index (κ1) is 14.0. The lowest BCUT2D eigenvalue weighted by atomic mass is 9.96. The monoisotopic (exact) mass is 272 g/mol. The molecule has 0 amide bonds. The molecular formula is C17H20OS. The van der Waals surface area contributed by atoms with E-state index in [9.17, 15) is 4.21 Å². The molecule has 0 heterocycles. The maximum atomic E-state index is 12.0. The van der Waals surface area contributed by atoms with Crippen molar-refractivity contribution in [1.82, 2.24) is 0 Å². The van der Waals surface area contributed by atoms with Crippen LogP contribution in [0.5, 0.6) is 0 Å². The largest absolute Gasteiger partial charge is 0.255 e. The first-order valence-corrected chi connectivity index (χ1v) is 8.22. The molecule has 0 N–H and O–H groups in total. The average Bonchev–Trinajstić information content (AvgIpc) is 2.46. The Kier molecular flexibility index (Phi) is 4.54. The Morgan fingerprint density at radius 1 is 1.05 bits per heavy atom. The highest BCUT2D eigenvalue weighted by Gasteiger charge is 2.13. The van der Waals surface area contributed by atoms with E-state index in [-0.39, 0.29) is 0 Å². The van der Waals surface area contributed by atoms with Crippen molar-refractivity contribution in [2.75, 3.05) is 6.26 Å². The summed E-state index contributed by atoms with van der Waals surface area (Å²) < 4.78 is 12.0. The van der Waals surface area contributed by atoms with Crippen molar-refractivity contribution in [1.29, 1.82) is 0 Å². The Hall–Kier alpha value is -1.41. The minimum atomic E-state index is -0.947. The highest BCUT2D eigenvalue weighted by Crippen LogP contribution is 2.29. The second kappa shape index (κ2) is 6.16. The van der Waals surface area contributed by atoms with Gasteiger partial charge >= 0.3 is 0 Å². The summed E-state index contributed by atoms with van der Waals surface area (Å²) >= 11 is 0. The van der Waals surface area contributed by atoms with Gasteiger partial charge in [0.05, 0.1) is 10.8 Å². The van der Waals surface area contributed by atoms with Crippen molar-refractivity contribution in [2.24, 2.45) is 0 Å². The quantitative estimate of drug-likeness (QED) is 0.794. The summed E-state index contributed by atoms with van der Waals surface area (Å²) in [7, 11) is -0.947. The Morgan fingerprint density at radius 2 is 1.74 bits per heavy atom. The zero-order chi connectivity index (χ0) is 13.8. The van der Waals surface area contributed by atoms with Crippen LogP contribution in [0.3, 0.4) is 0 Å². The molecule has 0 fully saturated rings. The Balaban J connectivity index is 2.51. The molecule has 2 rings (SSSR count). The van der Waals surface area contributed by atoms with E-state index in [0.717, 1.165) is 16.9 Å². The molecule has 0 aliphatic rings. The molecule has 0 radical (unpaired) electrons. The van der Waals surface area contributed by atoms with Crippen LogP contribution >= 0.6 is 0 Å². The van der Waals surface area contributed by atoms with Crippen molar-refractivity contribution in [3.63, 3.8) is 0 Å². The molecule has 0 spiro atoms. The fraction of sp³-hybridized carbons (Fsp3) is 0.294. The standard InChI is InChI=1S/C17H20OS/c1-4-13(2)16-11-10-15(12-17(16)19(3)18)14-8-6-5-7-9-14/h5-13H,4H2,1-3H3. The molecule has 2 aromatic carbocycles. The Bertz CT molecular complexity index is 575. The molecule has 19 heavy (non-hydrogen) atoms. The van der Waals surface area contributed by atoms with Crippen LogP contribution in [0.4, 0.5) is 0 Å². The van der Waals surface area contributed by atoms with Gasteiger partial charge in [-0.25, -0.2) is 0 Å². The van der Waals surface area contributed by atoms with Crippen LogP contribution in [-0.2, 0) is 10.8 Å². The normalized spacial score (nSPS) is 14.1. The lowest BCUT2D eigenvalue weighted by Gasteiger charge is -2.15. The van der Waals surface area contributed by atoms with E-state index in [2.05, 4.69) is 44.2 Å². The van der Waals surface area contributed by atoms with E-state index < -0.39 is 10.8 Å². The van der Waals surface area contributed by atoms with E-state index in [1.807, 2.05) is 18.2 Å². The average molecular weight is 272 g/mol. The van der Waals surface area contributed by atoms with Gasteiger partial charge in [-0.15, -0.1) is 0 Å². The van der Waals surface area contributed by atoms with Gasteiger partial charge in [0.15, 0.2) is 0 Å². The fourth-order valence-corrected chi connectivity index (χ4v) is 3.11. The van der Waals surface area contributed by atoms with E-state index >= 15 is 0 Å². The molecule has 0 saturated carbocycles.